The zero-order valence-corrected chi connectivity index (χ0v) is 23.6. The van der Waals surface area contributed by atoms with Crippen LogP contribution < -0.4 is 0 Å². The van der Waals surface area contributed by atoms with Gasteiger partial charge in [0, 0.05) is 31.6 Å². The molecule has 0 bridgehead atoms. The summed E-state index contributed by atoms with van der Waals surface area (Å²) in [6.45, 7) is 13.9. The third-order valence-electron chi connectivity index (χ3n) is 7.89. The van der Waals surface area contributed by atoms with Gasteiger partial charge in [0.05, 0.1) is 11.5 Å². The molecule has 0 spiro atoms. The number of carbonyl (C=O) groups is 4. The molecule has 0 aromatic heterocycles. The summed E-state index contributed by atoms with van der Waals surface area (Å²) in [7, 11) is 0. The average Bonchev–Trinajstić information content (AvgIpc) is 3.11. The number of Topliss-reactive ketones (excluding diaryl/α,β-unsaturated/α-hetero) is 1. The number of benzene rings is 1. The number of hydrogen-bond donors (Lipinski definition) is 1. The first-order valence-electron chi connectivity index (χ1n) is 13.4. The normalized spacial score (nSPS) is 32.8. The zero-order chi connectivity index (χ0) is 29.1. The molecule has 7 unspecified atom stereocenters. The van der Waals surface area contributed by atoms with Gasteiger partial charge in [0.2, 0.25) is 0 Å². The first-order valence-corrected chi connectivity index (χ1v) is 13.4. The number of allylic oxidation sites excluding steroid dienone is 1. The van der Waals surface area contributed by atoms with Crippen molar-refractivity contribution in [2.75, 3.05) is 0 Å². The fourth-order valence-corrected chi connectivity index (χ4v) is 5.86. The highest BCUT2D eigenvalue weighted by Gasteiger charge is 2.62. The Morgan fingerprint density at radius 1 is 0.974 bits per heavy atom. The summed E-state index contributed by atoms with van der Waals surface area (Å²) in [5, 5.41) is 12.5. The third-order valence-corrected chi connectivity index (χ3v) is 7.89. The molecule has 0 radical (unpaired) electrons. The summed E-state index contributed by atoms with van der Waals surface area (Å²) >= 11 is 0. The second kappa shape index (κ2) is 11.9. The maximum atomic E-state index is 13.2. The van der Waals surface area contributed by atoms with Crippen molar-refractivity contribution in [2.45, 2.75) is 84.7 Å². The summed E-state index contributed by atoms with van der Waals surface area (Å²) in [6, 6.07) is 8.46. The van der Waals surface area contributed by atoms with Gasteiger partial charge in [-0.3, -0.25) is 14.4 Å². The summed E-state index contributed by atoms with van der Waals surface area (Å²) < 4.78 is 17.5. The molecule has 212 valence electrons. The van der Waals surface area contributed by atoms with Gasteiger partial charge in [-0.15, -0.1) is 0 Å². The SMILES string of the molecule is C=C1CCC(=O)C(C)(C)C=CC(C)C(OC(C)=O)C2(O)CC(C)C(OC(=O)c3ccccc3)C2C1OC(C)=O. The molecule has 0 saturated heterocycles. The van der Waals surface area contributed by atoms with E-state index in [1.807, 2.05) is 6.92 Å². The van der Waals surface area contributed by atoms with Gasteiger partial charge in [-0.05, 0) is 50.3 Å². The molecule has 3 rings (SSSR count). The van der Waals surface area contributed by atoms with E-state index in [9.17, 15) is 24.3 Å². The predicted octanol–water partition coefficient (Wildman–Crippen LogP) is 4.60. The van der Waals surface area contributed by atoms with Gasteiger partial charge >= 0.3 is 17.9 Å². The molecule has 2 aliphatic carbocycles. The highest BCUT2D eigenvalue weighted by Crippen LogP contribution is 2.50. The van der Waals surface area contributed by atoms with Crippen LogP contribution in [0.3, 0.4) is 0 Å². The molecule has 1 aromatic carbocycles. The van der Waals surface area contributed by atoms with Crippen molar-refractivity contribution in [2.24, 2.45) is 23.2 Å². The van der Waals surface area contributed by atoms with E-state index >= 15 is 0 Å². The van der Waals surface area contributed by atoms with Crippen molar-refractivity contribution >= 4 is 23.7 Å². The van der Waals surface area contributed by atoms with Gasteiger partial charge in [0.15, 0.2) is 0 Å². The Morgan fingerprint density at radius 3 is 2.18 bits per heavy atom. The van der Waals surface area contributed by atoms with E-state index in [0.717, 1.165) is 0 Å². The minimum Gasteiger partial charge on any atom is -0.459 e. The highest BCUT2D eigenvalue weighted by molar-refractivity contribution is 5.89. The number of hydrogen-bond acceptors (Lipinski definition) is 8. The number of aliphatic hydroxyl groups is 1. The predicted molar refractivity (Wildman–Crippen MR) is 144 cm³/mol. The van der Waals surface area contributed by atoms with Crippen LogP contribution in [0.15, 0.2) is 54.6 Å². The molecule has 1 N–H and O–H groups in total. The highest BCUT2D eigenvalue weighted by atomic mass is 16.6. The quantitative estimate of drug-likeness (QED) is 0.335. The second-order valence-electron chi connectivity index (χ2n) is 11.5. The van der Waals surface area contributed by atoms with Gasteiger partial charge in [-0.2, -0.15) is 0 Å². The van der Waals surface area contributed by atoms with Crippen LogP contribution in [-0.2, 0) is 28.6 Å². The lowest BCUT2D eigenvalue weighted by molar-refractivity contribution is -0.190. The molecule has 1 saturated carbocycles. The number of ether oxygens (including phenoxy) is 3. The lowest BCUT2D eigenvalue weighted by Crippen LogP contribution is -2.57. The van der Waals surface area contributed by atoms with E-state index in [0.29, 0.717) is 11.1 Å². The molecule has 0 aliphatic heterocycles. The molecule has 1 aromatic rings. The zero-order valence-electron chi connectivity index (χ0n) is 23.6. The van der Waals surface area contributed by atoms with Crippen LogP contribution in [0.4, 0.5) is 0 Å². The monoisotopic (exact) mass is 540 g/mol. The fraction of sp³-hybridized carbons (Fsp3) is 0.548. The number of fused-ring (bicyclic) bond motifs is 1. The molecular formula is C31H40O8. The van der Waals surface area contributed by atoms with Crippen molar-refractivity contribution in [3.05, 3.63) is 60.2 Å². The lowest BCUT2D eigenvalue weighted by Gasteiger charge is -2.43. The first-order chi connectivity index (χ1) is 18.2. The summed E-state index contributed by atoms with van der Waals surface area (Å²) in [4.78, 5) is 50.9. The number of ketones is 1. The van der Waals surface area contributed by atoms with Crippen LogP contribution in [0.5, 0.6) is 0 Å². The molecule has 8 heteroatoms. The van der Waals surface area contributed by atoms with Crippen LogP contribution in [0.1, 0.15) is 71.2 Å². The maximum absolute atomic E-state index is 13.2. The largest absolute Gasteiger partial charge is 0.459 e. The van der Waals surface area contributed by atoms with Crippen molar-refractivity contribution in [3.8, 4) is 0 Å². The Bertz CT molecular complexity index is 1140. The van der Waals surface area contributed by atoms with Crippen molar-refractivity contribution in [1.29, 1.82) is 0 Å². The smallest absolute Gasteiger partial charge is 0.338 e. The Kier molecular flexibility index (Phi) is 9.21. The van der Waals surface area contributed by atoms with Gasteiger partial charge in [-0.25, -0.2) is 4.79 Å². The maximum Gasteiger partial charge on any atom is 0.338 e. The first kappa shape index (κ1) is 30.3. The third kappa shape index (κ3) is 6.67. The average molecular weight is 541 g/mol. The molecule has 7 atom stereocenters. The number of rotatable bonds is 4. The topological polar surface area (TPSA) is 116 Å². The van der Waals surface area contributed by atoms with Gasteiger partial charge in [0.1, 0.15) is 29.7 Å². The van der Waals surface area contributed by atoms with Crippen LogP contribution in [0.25, 0.3) is 0 Å². The molecule has 39 heavy (non-hydrogen) atoms. The van der Waals surface area contributed by atoms with Crippen LogP contribution in [0.2, 0.25) is 0 Å². The molecule has 8 nitrogen and oxygen atoms in total. The van der Waals surface area contributed by atoms with E-state index < -0.39 is 65.0 Å². The van der Waals surface area contributed by atoms with Crippen LogP contribution in [-0.4, -0.2) is 52.7 Å². The minimum atomic E-state index is -1.76. The Labute approximate surface area is 230 Å². The summed E-state index contributed by atoms with van der Waals surface area (Å²) in [5.41, 5.74) is -1.83. The Balaban J connectivity index is 2.19. The van der Waals surface area contributed by atoms with Crippen molar-refractivity contribution in [3.63, 3.8) is 0 Å². The van der Waals surface area contributed by atoms with E-state index in [-0.39, 0.29) is 25.0 Å². The van der Waals surface area contributed by atoms with Crippen molar-refractivity contribution < 1.29 is 38.5 Å². The molecule has 0 heterocycles. The van der Waals surface area contributed by atoms with Gasteiger partial charge in [0.25, 0.3) is 0 Å². The fourth-order valence-electron chi connectivity index (χ4n) is 5.86. The molecule has 2 aliphatic rings. The van der Waals surface area contributed by atoms with Crippen molar-refractivity contribution in [1.82, 2.24) is 0 Å². The lowest BCUT2D eigenvalue weighted by atomic mass is 9.73. The standard InChI is InChI=1S/C31H40O8/c1-18-13-14-24(34)30(6,7)16-15-19(2)28(38-22(5)33)31(36)17-20(3)27(25(31)26(18)37-21(4)32)39-29(35)23-11-9-8-10-12-23/h8-12,15-16,19-20,25-28,36H,1,13-14,17H2,2-7H3. The van der Waals surface area contributed by atoms with E-state index in [1.165, 1.54) is 13.8 Å². The van der Waals surface area contributed by atoms with Crippen LogP contribution in [0, 0.1) is 23.2 Å². The van der Waals surface area contributed by atoms with Crippen LogP contribution >= 0.6 is 0 Å². The van der Waals surface area contributed by atoms with Gasteiger partial charge in [-0.1, -0.05) is 50.8 Å². The number of esters is 3. The van der Waals surface area contributed by atoms with E-state index in [1.54, 1.807) is 63.3 Å². The van der Waals surface area contributed by atoms with Gasteiger partial charge < -0.3 is 19.3 Å². The molecular weight excluding hydrogens is 500 g/mol. The second-order valence-corrected chi connectivity index (χ2v) is 11.5. The van der Waals surface area contributed by atoms with E-state index in [2.05, 4.69) is 6.58 Å². The summed E-state index contributed by atoms with van der Waals surface area (Å²) in [5.74, 6) is -3.79. The summed E-state index contributed by atoms with van der Waals surface area (Å²) in [6.07, 6.45) is 0.889. The Hall–Kier alpha value is -3.26. The number of carbonyl (C=O) groups excluding carboxylic acids is 4. The molecule has 1 fully saturated rings. The van der Waals surface area contributed by atoms with E-state index in [4.69, 9.17) is 14.2 Å². The molecule has 0 amide bonds. The minimum absolute atomic E-state index is 0.0413. The Morgan fingerprint density at radius 2 is 1.59 bits per heavy atom.